The smallest absolute Gasteiger partial charge is 0.267 e. The van der Waals surface area contributed by atoms with E-state index in [1.807, 2.05) is 0 Å². The van der Waals surface area contributed by atoms with Crippen LogP contribution in [-0.2, 0) is 5.88 Å². The van der Waals surface area contributed by atoms with Gasteiger partial charge in [-0.25, -0.2) is 13.8 Å². The van der Waals surface area contributed by atoms with Crippen LogP contribution in [0.15, 0.2) is 6.07 Å². The summed E-state index contributed by atoms with van der Waals surface area (Å²) in [7, 11) is 1.36. The van der Waals surface area contributed by atoms with Crippen molar-refractivity contribution in [2.75, 3.05) is 12.8 Å². The highest BCUT2D eigenvalue weighted by Crippen LogP contribution is 2.29. The van der Waals surface area contributed by atoms with Gasteiger partial charge in [-0.1, -0.05) is 0 Å². The van der Waals surface area contributed by atoms with Crippen molar-refractivity contribution in [3.05, 3.63) is 17.3 Å². The molecule has 3 nitrogen and oxygen atoms in total. The Morgan fingerprint density at radius 2 is 2.29 bits per heavy atom. The molecule has 0 aromatic carbocycles. The fourth-order valence-electron chi connectivity index (χ4n) is 1.01. The molecule has 1 heterocycles. The van der Waals surface area contributed by atoms with Crippen molar-refractivity contribution in [1.29, 1.82) is 0 Å². The lowest BCUT2D eigenvalue weighted by molar-refractivity contribution is 0.151. The number of pyridine rings is 1. The van der Waals surface area contributed by atoms with E-state index in [4.69, 9.17) is 22.1 Å². The number of nitrogen functional groups attached to an aromatic ring is 1. The Morgan fingerprint density at radius 1 is 1.64 bits per heavy atom. The van der Waals surface area contributed by atoms with Gasteiger partial charge in [0.15, 0.2) is 0 Å². The average Bonchev–Trinajstić information content (AvgIpc) is 2.16. The average molecular weight is 223 g/mol. The molecule has 0 spiro atoms. The van der Waals surface area contributed by atoms with Gasteiger partial charge in [0.1, 0.15) is 11.6 Å². The van der Waals surface area contributed by atoms with E-state index in [1.165, 1.54) is 7.11 Å². The monoisotopic (exact) mass is 222 g/mol. The van der Waals surface area contributed by atoms with E-state index in [1.54, 1.807) is 0 Å². The van der Waals surface area contributed by atoms with Crippen LogP contribution in [0.2, 0.25) is 0 Å². The van der Waals surface area contributed by atoms with Crippen molar-refractivity contribution in [1.82, 2.24) is 4.98 Å². The van der Waals surface area contributed by atoms with Gasteiger partial charge in [-0.05, 0) is 6.07 Å². The molecule has 1 rings (SSSR count). The first-order valence-corrected chi connectivity index (χ1v) is 4.31. The molecule has 0 fully saturated rings. The molecule has 78 valence electrons. The summed E-state index contributed by atoms with van der Waals surface area (Å²) in [6.07, 6.45) is -2.67. The second-order valence-electron chi connectivity index (χ2n) is 2.55. The Kier molecular flexibility index (Phi) is 3.46. The van der Waals surface area contributed by atoms with Crippen LogP contribution in [0.25, 0.3) is 0 Å². The summed E-state index contributed by atoms with van der Waals surface area (Å²) in [5, 5.41) is 0. The molecule has 2 N–H and O–H groups in total. The van der Waals surface area contributed by atoms with Crippen molar-refractivity contribution in [3.63, 3.8) is 0 Å². The topological polar surface area (TPSA) is 48.1 Å². The number of halogens is 3. The lowest BCUT2D eigenvalue weighted by Gasteiger charge is -2.09. The fourth-order valence-corrected chi connectivity index (χ4v) is 1.20. The first-order valence-electron chi connectivity index (χ1n) is 3.77. The summed E-state index contributed by atoms with van der Waals surface area (Å²) in [5.41, 5.74) is 5.34. The Bertz CT molecular complexity index is 333. The van der Waals surface area contributed by atoms with E-state index >= 15 is 0 Å². The number of ether oxygens (including phenoxy) is 1. The molecule has 0 saturated carbocycles. The molecule has 14 heavy (non-hydrogen) atoms. The number of anilines is 1. The molecule has 1 aromatic heterocycles. The normalized spacial score (nSPS) is 10.6. The van der Waals surface area contributed by atoms with Gasteiger partial charge in [0.05, 0.1) is 24.2 Å². The summed E-state index contributed by atoms with van der Waals surface area (Å²) in [6, 6.07) is 1.16. The maximum atomic E-state index is 12.4. The summed E-state index contributed by atoms with van der Waals surface area (Å²) >= 11 is 5.53. The summed E-state index contributed by atoms with van der Waals surface area (Å²) < 4.78 is 29.6. The van der Waals surface area contributed by atoms with Crippen LogP contribution >= 0.6 is 11.6 Å². The Balaban J connectivity index is 3.23. The summed E-state index contributed by atoms with van der Waals surface area (Å²) in [5.74, 6) is 0.0811. The second kappa shape index (κ2) is 4.41. The number of rotatable bonds is 3. The van der Waals surface area contributed by atoms with Crippen LogP contribution in [0.5, 0.6) is 5.75 Å². The third-order valence-corrected chi connectivity index (χ3v) is 1.96. The predicted molar refractivity (Wildman–Crippen MR) is 49.7 cm³/mol. The number of hydrogen-bond acceptors (Lipinski definition) is 3. The lowest BCUT2D eigenvalue weighted by atomic mass is 10.2. The quantitative estimate of drug-likeness (QED) is 0.799. The van der Waals surface area contributed by atoms with Crippen LogP contribution in [0.1, 0.15) is 17.7 Å². The predicted octanol–water partition coefficient (Wildman–Crippen LogP) is 2.35. The Morgan fingerprint density at radius 3 is 2.71 bits per heavy atom. The van der Waals surface area contributed by atoms with Gasteiger partial charge in [0.25, 0.3) is 6.43 Å². The van der Waals surface area contributed by atoms with Gasteiger partial charge in [0.2, 0.25) is 0 Å². The molecule has 0 aliphatic heterocycles. The number of aromatic nitrogens is 1. The molecule has 0 unspecified atom stereocenters. The first-order chi connectivity index (χ1) is 6.60. The zero-order valence-corrected chi connectivity index (χ0v) is 8.18. The summed E-state index contributed by atoms with van der Waals surface area (Å²) in [6.45, 7) is 0. The van der Waals surface area contributed by atoms with Crippen LogP contribution in [0.4, 0.5) is 14.6 Å². The van der Waals surface area contributed by atoms with Crippen molar-refractivity contribution in [2.45, 2.75) is 12.3 Å². The van der Waals surface area contributed by atoms with Gasteiger partial charge in [-0.2, -0.15) is 0 Å². The van der Waals surface area contributed by atoms with E-state index in [-0.39, 0.29) is 23.0 Å². The maximum Gasteiger partial charge on any atom is 0.267 e. The van der Waals surface area contributed by atoms with E-state index in [2.05, 4.69) is 4.98 Å². The molecule has 0 bridgehead atoms. The van der Waals surface area contributed by atoms with Gasteiger partial charge in [0, 0.05) is 0 Å². The van der Waals surface area contributed by atoms with E-state index < -0.39 is 6.43 Å². The number of hydrogen-bond donors (Lipinski definition) is 1. The van der Waals surface area contributed by atoms with Crippen LogP contribution in [0.3, 0.4) is 0 Å². The van der Waals surface area contributed by atoms with Crippen LogP contribution < -0.4 is 10.5 Å². The zero-order chi connectivity index (χ0) is 10.7. The zero-order valence-electron chi connectivity index (χ0n) is 7.43. The number of alkyl halides is 3. The maximum absolute atomic E-state index is 12.4. The molecular weight excluding hydrogens is 214 g/mol. The largest absolute Gasteiger partial charge is 0.495 e. The van der Waals surface area contributed by atoms with Crippen molar-refractivity contribution >= 4 is 17.4 Å². The Hall–Kier alpha value is -1.10. The molecule has 0 radical (unpaired) electrons. The van der Waals surface area contributed by atoms with E-state index in [0.29, 0.717) is 5.69 Å². The summed E-state index contributed by atoms with van der Waals surface area (Å²) in [4.78, 5) is 3.72. The van der Waals surface area contributed by atoms with E-state index in [0.717, 1.165) is 6.07 Å². The van der Waals surface area contributed by atoms with Crippen molar-refractivity contribution in [2.24, 2.45) is 0 Å². The van der Waals surface area contributed by atoms with Gasteiger partial charge < -0.3 is 10.5 Å². The highest BCUT2D eigenvalue weighted by molar-refractivity contribution is 6.17. The number of nitrogens with zero attached hydrogens (tertiary/aromatic N) is 1. The molecular formula is C8H9ClF2N2O. The minimum atomic E-state index is -2.67. The number of nitrogens with two attached hydrogens (primary N) is 1. The van der Waals surface area contributed by atoms with Crippen LogP contribution in [0, 0.1) is 0 Å². The minimum absolute atomic E-state index is 0.0664. The third kappa shape index (κ3) is 2.04. The molecule has 1 aromatic rings. The van der Waals surface area contributed by atoms with Crippen molar-refractivity contribution < 1.29 is 13.5 Å². The van der Waals surface area contributed by atoms with Gasteiger partial charge in [-0.15, -0.1) is 11.6 Å². The van der Waals surface area contributed by atoms with E-state index in [9.17, 15) is 8.78 Å². The van der Waals surface area contributed by atoms with Gasteiger partial charge in [-0.3, -0.25) is 0 Å². The fraction of sp³-hybridized carbons (Fsp3) is 0.375. The molecule has 0 amide bonds. The molecule has 0 atom stereocenters. The van der Waals surface area contributed by atoms with Crippen LogP contribution in [-0.4, -0.2) is 12.1 Å². The molecule has 6 heteroatoms. The number of methoxy groups -OCH3 is 1. The molecule has 0 aliphatic rings. The standard InChI is InChI=1S/C8H9ClF2N2O/c1-14-6-2-4(7(10)11)8(12)13-5(6)3-9/h2,7H,3H2,1H3,(H2,12,13). The van der Waals surface area contributed by atoms with Gasteiger partial charge >= 0.3 is 0 Å². The highest BCUT2D eigenvalue weighted by Gasteiger charge is 2.16. The van der Waals surface area contributed by atoms with Crippen molar-refractivity contribution in [3.8, 4) is 5.75 Å². The Labute approximate surface area is 84.8 Å². The lowest BCUT2D eigenvalue weighted by Crippen LogP contribution is -2.03. The molecule has 0 aliphatic carbocycles. The first kappa shape index (κ1) is 11.0. The third-order valence-electron chi connectivity index (χ3n) is 1.70. The minimum Gasteiger partial charge on any atom is -0.495 e. The highest BCUT2D eigenvalue weighted by atomic mass is 35.5. The molecule has 0 saturated heterocycles. The SMILES string of the molecule is COc1cc(C(F)F)c(N)nc1CCl. The second-order valence-corrected chi connectivity index (χ2v) is 2.81.